The topological polar surface area (TPSA) is 59.0 Å². The van der Waals surface area contributed by atoms with E-state index < -0.39 is 5.97 Å². The van der Waals surface area contributed by atoms with Crippen LogP contribution in [0.4, 0.5) is 4.39 Å². The van der Waals surface area contributed by atoms with Gasteiger partial charge in [0.25, 0.3) is 0 Å². The first-order valence-corrected chi connectivity index (χ1v) is 14.3. The molecule has 1 heterocycles. The number of carboxylic acid groups (broad SMARTS) is 1. The second-order valence-corrected chi connectivity index (χ2v) is 11.6. The SMILES string of the molecule is C1CC1.COc1ccc(F)c(-c2ccc(COc3cccc(CCC(=O)O)c3)cc2C2N(C)CCCC2(C)C)c1. The summed E-state index contributed by atoms with van der Waals surface area (Å²) in [5, 5.41) is 8.97. The normalized spacial score (nSPS) is 17.9. The molecule has 0 aromatic heterocycles. The minimum absolute atomic E-state index is 0.00897. The van der Waals surface area contributed by atoms with Crippen LogP contribution in [-0.2, 0) is 17.8 Å². The smallest absolute Gasteiger partial charge is 0.303 e. The van der Waals surface area contributed by atoms with Crippen molar-refractivity contribution in [3.05, 3.63) is 83.2 Å². The highest BCUT2D eigenvalue weighted by Gasteiger charge is 2.38. The van der Waals surface area contributed by atoms with Gasteiger partial charge in [-0.25, -0.2) is 4.39 Å². The summed E-state index contributed by atoms with van der Waals surface area (Å²) >= 11 is 0. The second kappa shape index (κ2) is 13.3. The van der Waals surface area contributed by atoms with Crippen LogP contribution in [0.1, 0.15) is 75.1 Å². The van der Waals surface area contributed by atoms with Gasteiger partial charge in [0.1, 0.15) is 23.9 Å². The molecule has 3 aromatic rings. The number of halogens is 1. The van der Waals surface area contributed by atoms with E-state index in [9.17, 15) is 4.79 Å². The number of hydrogen-bond donors (Lipinski definition) is 1. The number of likely N-dealkylation sites (tertiary alicyclic amines) is 1. The van der Waals surface area contributed by atoms with Gasteiger partial charge in [-0.15, -0.1) is 0 Å². The number of aliphatic carboxylic acids is 1. The average Bonchev–Trinajstić information content (AvgIpc) is 3.81. The Kier molecular flexibility index (Phi) is 9.85. The molecular weight excluding hydrogens is 505 g/mol. The fraction of sp³-hybridized carbons (Fsp3) is 0.441. The molecule has 1 N–H and O–H groups in total. The first-order chi connectivity index (χ1) is 19.2. The molecule has 1 aliphatic carbocycles. The van der Waals surface area contributed by atoms with Crippen LogP contribution in [0.3, 0.4) is 0 Å². The van der Waals surface area contributed by atoms with Gasteiger partial charge in [-0.1, -0.05) is 63.4 Å². The highest BCUT2D eigenvalue weighted by Crippen LogP contribution is 2.48. The lowest BCUT2D eigenvalue weighted by Gasteiger charge is -2.46. The van der Waals surface area contributed by atoms with E-state index in [0.29, 0.717) is 30.1 Å². The number of aryl methyl sites for hydroxylation is 1. The summed E-state index contributed by atoms with van der Waals surface area (Å²) in [4.78, 5) is 13.3. The minimum atomic E-state index is -0.818. The highest BCUT2D eigenvalue weighted by atomic mass is 19.1. The Labute approximate surface area is 237 Å². The maximum atomic E-state index is 15.1. The molecule has 40 heavy (non-hydrogen) atoms. The molecule has 3 aromatic carbocycles. The van der Waals surface area contributed by atoms with Crippen molar-refractivity contribution >= 4 is 5.97 Å². The van der Waals surface area contributed by atoms with E-state index in [1.54, 1.807) is 19.2 Å². The molecule has 1 saturated carbocycles. The lowest BCUT2D eigenvalue weighted by atomic mass is 9.72. The van der Waals surface area contributed by atoms with Gasteiger partial charge in [-0.05, 0) is 90.9 Å². The number of carbonyl (C=O) groups is 1. The summed E-state index contributed by atoms with van der Waals surface area (Å²) in [6.45, 7) is 5.90. The van der Waals surface area contributed by atoms with Crippen molar-refractivity contribution in [2.45, 2.75) is 71.4 Å². The largest absolute Gasteiger partial charge is 0.497 e. The van der Waals surface area contributed by atoms with Crippen LogP contribution >= 0.6 is 0 Å². The zero-order valence-corrected chi connectivity index (χ0v) is 24.2. The fourth-order valence-corrected chi connectivity index (χ4v) is 5.52. The van der Waals surface area contributed by atoms with E-state index in [1.807, 2.05) is 36.4 Å². The third-order valence-corrected chi connectivity index (χ3v) is 7.67. The van der Waals surface area contributed by atoms with Crippen LogP contribution in [0.15, 0.2) is 60.7 Å². The lowest BCUT2D eigenvalue weighted by molar-refractivity contribution is -0.136. The molecular formula is C34H42FNO4. The predicted molar refractivity (Wildman–Crippen MR) is 157 cm³/mol. The first kappa shape index (κ1) is 29.6. The summed E-state index contributed by atoms with van der Waals surface area (Å²) in [7, 11) is 3.73. The van der Waals surface area contributed by atoms with Gasteiger partial charge in [0.2, 0.25) is 0 Å². The van der Waals surface area contributed by atoms with Crippen molar-refractivity contribution in [2.24, 2.45) is 5.41 Å². The Hall–Kier alpha value is -3.38. The van der Waals surface area contributed by atoms with Gasteiger partial charge in [-0.3, -0.25) is 9.69 Å². The molecule has 1 atom stereocenters. The van der Waals surface area contributed by atoms with Crippen molar-refractivity contribution in [2.75, 3.05) is 20.7 Å². The number of rotatable bonds is 9. The van der Waals surface area contributed by atoms with Crippen molar-refractivity contribution in [3.8, 4) is 22.6 Å². The quantitative estimate of drug-likeness (QED) is 0.294. The van der Waals surface area contributed by atoms with Crippen LogP contribution in [0, 0.1) is 11.2 Å². The van der Waals surface area contributed by atoms with Crippen LogP contribution in [0.2, 0.25) is 0 Å². The molecule has 0 amide bonds. The van der Waals surface area contributed by atoms with Gasteiger partial charge in [-0.2, -0.15) is 0 Å². The minimum Gasteiger partial charge on any atom is -0.497 e. The summed E-state index contributed by atoms with van der Waals surface area (Å²) in [6, 6.07) is 18.7. The van der Waals surface area contributed by atoms with E-state index in [-0.39, 0.29) is 23.7 Å². The standard InChI is InChI=1S/C31H36FNO4.C3H6/c1-31(2)15-6-16-33(3)30(31)27-18-22(9-12-25(27)26-19-23(36-4)11-13-28(26)32)20-37-24-8-5-7-21(17-24)10-14-29(34)35;1-2-3-1/h5,7-9,11-13,17-19,30H,6,10,14-16,20H2,1-4H3,(H,34,35);1-3H2. The van der Waals surface area contributed by atoms with Crippen LogP contribution in [-0.4, -0.2) is 36.7 Å². The molecule has 5 nitrogen and oxygen atoms in total. The Morgan fingerprint density at radius 1 is 0.975 bits per heavy atom. The molecule has 1 unspecified atom stereocenters. The number of ether oxygens (including phenoxy) is 2. The zero-order valence-electron chi connectivity index (χ0n) is 24.2. The van der Waals surface area contributed by atoms with E-state index in [4.69, 9.17) is 14.6 Å². The van der Waals surface area contributed by atoms with Crippen LogP contribution in [0.5, 0.6) is 11.5 Å². The number of carboxylic acids is 1. The summed E-state index contributed by atoms with van der Waals surface area (Å²) in [6.07, 6.45) is 7.26. The Morgan fingerprint density at radius 3 is 2.42 bits per heavy atom. The molecule has 1 saturated heterocycles. The average molecular weight is 548 g/mol. The highest BCUT2D eigenvalue weighted by molar-refractivity contribution is 5.71. The molecule has 214 valence electrons. The van der Waals surface area contributed by atoms with Crippen LogP contribution in [0.25, 0.3) is 11.1 Å². The van der Waals surface area contributed by atoms with Gasteiger partial charge in [0.15, 0.2) is 0 Å². The Morgan fingerprint density at radius 2 is 1.75 bits per heavy atom. The number of piperidine rings is 1. The van der Waals surface area contributed by atoms with E-state index >= 15 is 4.39 Å². The molecule has 2 aliphatic rings. The van der Waals surface area contributed by atoms with Gasteiger partial charge in [0.05, 0.1) is 7.11 Å². The predicted octanol–water partition coefficient (Wildman–Crippen LogP) is 8.06. The monoisotopic (exact) mass is 547 g/mol. The van der Waals surface area contributed by atoms with Gasteiger partial charge < -0.3 is 14.6 Å². The van der Waals surface area contributed by atoms with E-state index in [2.05, 4.69) is 31.9 Å². The molecule has 2 fully saturated rings. The van der Waals surface area contributed by atoms with Crippen molar-refractivity contribution in [1.82, 2.24) is 4.90 Å². The molecule has 0 bridgehead atoms. The maximum Gasteiger partial charge on any atom is 0.303 e. The van der Waals surface area contributed by atoms with E-state index in [0.717, 1.165) is 41.6 Å². The molecule has 0 spiro atoms. The first-order valence-electron chi connectivity index (χ1n) is 14.3. The number of nitrogens with zero attached hydrogens (tertiary/aromatic N) is 1. The van der Waals surface area contributed by atoms with Crippen molar-refractivity contribution < 1.29 is 23.8 Å². The molecule has 5 rings (SSSR count). The van der Waals surface area contributed by atoms with Crippen molar-refractivity contribution in [3.63, 3.8) is 0 Å². The Bertz CT molecular complexity index is 1300. The summed E-state index contributed by atoms with van der Waals surface area (Å²) in [5.41, 5.74) is 4.40. The number of methoxy groups -OCH3 is 1. The molecule has 0 radical (unpaired) electrons. The fourth-order valence-electron chi connectivity index (χ4n) is 5.52. The number of hydrogen-bond acceptors (Lipinski definition) is 4. The lowest BCUT2D eigenvalue weighted by Crippen LogP contribution is -2.41. The number of benzene rings is 3. The van der Waals surface area contributed by atoms with Gasteiger partial charge >= 0.3 is 5.97 Å². The van der Waals surface area contributed by atoms with Crippen molar-refractivity contribution in [1.29, 1.82) is 0 Å². The maximum absolute atomic E-state index is 15.1. The summed E-state index contributed by atoms with van der Waals surface area (Å²) < 4.78 is 26.6. The zero-order chi connectivity index (χ0) is 28.7. The third-order valence-electron chi connectivity index (χ3n) is 7.67. The Balaban J connectivity index is 0.00000115. The molecule has 6 heteroatoms. The second-order valence-electron chi connectivity index (χ2n) is 11.6. The van der Waals surface area contributed by atoms with Gasteiger partial charge in [0, 0.05) is 18.0 Å². The third kappa shape index (κ3) is 7.85. The summed E-state index contributed by atoms with van der Waals surface area (Å²) in [5.74, 6) is 0.221. The van der Waals surface area contributed by atoms with E-state index in [1.165, 1.54) is 25.3 Å². The molecule has 1 aliphatic heterocycles. The van der Waals surface area contributed by atoms with Crippen LogP contribution < -0.4 is 9.47 Å².